The first-order valence-electron chi connectivity index (χ1n) is 18.2. The first-order valence-corrected chi connectivity index (χ1v) is 18.2. The van der Waals surface area contributed by atoms with Crippen LogP contribution in [-0.4, -0.2) is 78.7 Å². The van der Waals surface area contributed by atoms with Gasteiger partial charge in [-0.05, 0) is 96.0 Å². The number of piperidine rings is 1. The molecule has 0 saturated carbocycles. The molecule has 0 aromatic heterocycles. The van der Waals surface area contributed by atoms with E-state index in [1.807, 2.05) is 86.3 Å². The Balaban J connectivity index is 1.38. The molecule has 1 saturated heterocycles. The third-order valence-corrected chi connectivity index (χ3v) is 9.73. The Labute approximate surface area is 307 Å². The van der Waals surface area contributed by atoms with E-state index in [4.69, 9.17) is 14.2 Å². The van der Waals surface area contributed by atoms with Gasteiger partial charge in [0.15, 0.2) is 6.04 Å². The third-order valence-electron chi connectivity index (χ3n) is 9.73. The molecule has 0 radical (unpaired) electrons. The topological polar surface area (TPSA) is 123 Å². The predicted molar refractivity (Wildman–Crippen MR) is 199 cm³/mol. The van der Waals surface area contributed by atoms with Crippen LogP contribution in [0.4, 0.5) is 0 Å². The molecule has 3 amide bonds. The van der Waals surface area contributed by atoms with Gasteiger partial charge in [0.05, 0.1) is 36.2 Å². The smallest absolute Gasteiger partial charge is 0.331 e. The van der Waals surface area contributed by atoms with Crippen molar-refractivity contribution < 1.29 is 33.4 Å². The first-order chi connectivity index (χ1) is 24.6. The number of methoxy groups -OCH3 is 1. The normalized spacial score (nSPS) is 19.9. The van der Waals surface area contributed by atoms with Gasteiger partial charge >= 0.3 is 5.97 Å². The number of nitrogens with zero attached hydrogens (tertiary/aromatic N) is 1. The fourth-order valence-corrected chi connectivity index (χ4v) is 7.20. The number of hydrogen-bond donors (Lipinski definition) is 2. The van der Waals surface area contributed by atoms with Gasteiger partial charge in [0.25, 0.3) is 5.91 Å². The molecule has 3 atom stereocenters. The van der Waals surface area contributed by atoms with E-state index < -0.39 is 34.5 Å². The van der Waals surface area contributed by atoms with Gasteiger partial charge in [-0.1, -0.05) is 66.7 Å². The van der Waals surface area contributed by atoms with Crippen LogP contribution in [0.1, 0.15) is 100 Å². The summed E-state index contributed by atoms with van der Waals surface area (Å²) in [6.07, 6.45) is 2.03. The molecule has 2 aliphatic rings. The molecule has 2 N–H and O–H groups in total. The minimum atomic E-state index is -1.17. The average Bonchev–Trinajstić information content (AvgIpc) is 3.12. The molecule has 0 spiro atoms. The van der Waals surface area contributed by atoms with Crippen molar-refractivity contribution >= 4 is 23.7 Å². The van der Waals surface area contributed by atoms with Crippen LogP contribution in [0, 0.1) is 0 Å². The third kappa shape index (κ3) is 8.84. The van der Waals surface area contributed by atoms with Gasteiger partial charge in [0.2, 0.25) is 11.8 Å². The monoisotopic (exact) mass is 711 g/mol. The standard InChI is InChI=1S/C42H53N3O7/c1-40(2,3)51-27-34(38(48)52-41(4,5)6)44-39(49)42(28-15-9-8-10-16-28)24-21-31(30-17-11-13-19-33(30)42)37(47)45-25-22-29(23-26-45)43-36(46)32-18-12-14-20-35(32)50-7/h8-20,29,31,34H,21-27H2,1-7H3,(H,43,46)(H,44,49)/t31-,34-,42+/m0/s1. The Hall–Kier alpha value is -4.70. The lowest BCUT2D eigenvalue weighted by molar-refractivity contribution is -0.162. The van der Waals surface area contributed by atoms with Crippen molar-refractivity contribution in [3.05, 3.63) is 101 Å². The number of esters is 1. The van der Waals surface area contributed by atoms with E-state index in [9.17, 15) is 19.2 Å². The minimum absolute atomic E-state index is 0.00855. The zero-order valence-corrected chi connectivity index (χ0v) is 31.5. The number of para-hydroxylation sites is 1. The van der Waals surface area contributed by atoms with Crippen molar-refractivity contribution in [2.24, 2.45) is 0 Å². The van der Waals surface area contributed by atoms with Crippen LogP contribution < -0.4 is 15.4 Å². The highest BCUT2D eigenvalue weighted by Crippen LogP contribution is 2.48. The Morgan fingerprint density at radius 2 is 1.46 bits per heavy atom. The second-order valence-electron chi connectivity index (χ2n) is 15.7. The van der Waals surface area contributed by atoms with Crippen molar-refractivity contribution in [1.29, 1.82) is 0 Å². The average molecular weight is 712 g/mol. The number of ether oxygens (including phenoxy) is 3. The van der Waals surface area contributed by atoms with E-state index in [-0.39, 0.29) is 30.4 Å². The highest BCUT2D eigenvalue weighted by Gasteiger charge is 2.50. The molecule has 1 fully saturated rings. The summed E-state index contributed by atoms with van der Waals surface area (Å²) in [5, 5.41) is 6.15. The maximum absolute atomic E-state index is 14.8. The van der Waals surface area contributed by atoms with Crippen LogP contribution in [0.2, 0.25) is 0 Å². The number of rotatable bonds is 10. The summed E-state index contributed by atoms with van der Waals surface area (Å²) in [6, 6.07) is 23.2. The van der Waals surface area contributed by atoms with E-state index in [2.05, 4.69) is 10.6 Å². The van der Waals surface area contributed by atoms with E-state index in [0.717, 1.165) is 16.7 Å². The molecular formula is C42H53N3O7. The van der Waals surface area contributed by atoms with Crippen LogP contribution in [0.5, 0.6) is 5.75 Å². The van der Waals surface area contributed by atoms with Crippen molar-refractivity contribution in [2.45, 2.75) is 102 Å². The molecule has 10 heteroatoms. The number of carbonyl (C=O) groups is 4. The quantitative estimate of drug-likeness (QED) is 0.251. The number of nitrogens with one attached hydrogen (secondary N) is 2. The highest BCUT2D eigenvalue weighted by atomic mass is 16.6. The predicted octanol–water partition coefficient (Wildman–Crippen LogP) is 5.92. The summed E-state index contributed by atoms with van der Waals surface area (Å²) >= 11 is 0. The van der Waals surface area contributed by atoms with Crippen LogP contribution >= 0.6 is 0 Å². The summed E-state index contributed by atoms with van der Waals surface area (Å²) in [6.45, 7) is 12.0. The second-order valence-corrected chi connectivity index (χ2v) is 15.7. The molecule has 3 aromatic rings. The molecule has 0 unspecified atom stereocenters. The molecule has 52 heavy (non-hydrogen) atoms. The summed E-state index contributed by atoms with van der Waals surface area (Å²) < 4.78 is 17.1. The lowest BCUT2D eigenvalue weighted by Gasteiger charge is -2.43. The van der Waals surface area contributed by atoms with Crippen LogP contribution in [0.15, 0.2) is 78.9 Å². The van der Waals surface area contributed by atoms with Crippen molar-refractivity contribution in [3.63, 3.8) is 0 Å². The van der Waals surface area contributed by atoms with Gasteiger partial charge in [-0.3, -0.25) is 14.4 Å². The van der Waals surface area contributed by atoms with Crippen molar-refractivity contribution in [2.75, 3.05) is 26.8 Å². The largest absolute Gasteiger partial charge is 0.496 e. The molecule has 5 rings (SSSR count). The van der Waals surface area contributed by atoms with Gasteiger partial charge in [-0.25, -0.2) is 4.79 Å². The number of amides is 3. The van der Waals surface area contributed by atoms with Crippen LogP contribution in [0.3, 0.4) is 0 Å². The van der Waals surface area contributed by atoms with Crippen molar-refractivity contribution in [1.82, 2.24) is 15.5 Å². The van der Waals surface area contributed by atoms with Crippen LogP contribution in [-0.2, 0) is 29.3 Å². The second kappa shape index (κ2) is 15.9. The number of hydrogen-bond acceptors (Lipinski definition) is 7. The summed E-state index contributed by atoms with van der Waals surface area (Å²) in [5.41, 5.74) is 0.296. The van der Waals surface area contributed by atoms with Gasteiger partial charge in [-0.15, -0.1) is 0 Å². The SMILES string of the molecule is COc1ccccc1C(=O)NC1CCN(C(=O)[C@H]2CC[C@@](C(=O)N[C@@H](COC(C)(C)C)C(=O)OC(C)(C)C)(c3ccccc3)c3ccccc32)CC1. The van der Waals surface area contributed by atoms with E-state index in [0.29, 0.717) is 50.1 Å². The molecule has 278 valence electrons. The molecule has 0 bridgehead atoms. The molecule has 1 aliphatic heterocycles. The molecule has 3 aromatic carbocycles. The van der Waals surface area contributed by atoms with Gasteiger partial charge in [0, 0.05) is 19.1 Å². The van der Waals surface area contributed by atoms with Gasteiger partial charge in [-0.2, -0.15) is 0 Å². The Morgan fingerprint density at radius 3 is 2.12 bits per heavy atom. The maximum Gasteiger partial charge on any atom is 0.331 e. The zero-order chi connectivity index (χ0) is 37.7. The minimum Gasteiger partial charge on any atom is -0.496 e. The number of carbonyl (C=O) groups excluding carboxylic acids is 4. The molecule has 1 heterocycles. The number of benzene rings is 3. The number of fused-ring (bicyclic) bond motifs is 1. The molecular weight excluding hydrogens is 658 g/mol. The zero-order valence-electron chi connectivity index (χ0n) is 31.5. The van der Waals surface area contributed by atoms with Crippen LogP contribution in [0.25, 0.3) is 0 Å². The highest BCUT2D eigenvalue weighted by molar-refractivity contribution is 5.98. The molecule has 10 nitrogen and oxygen atoms in total. The first kappa shape index (κ1) is 38.5. The Bertz CT molecular complexity index is 1740. The Kier molecular flexibility index (Phi) is 11.8. The van der Waals surface area contributed by atoms with E-state index in [1.54, 1.807) is 46.1 Å². The fourth-order valence-electron chi connectivity index (χ4n) is 7.20. The lowest BCUT2D eigenvalue weighted by Crippen LogP contribution is -2.56. The van der Waals surface area contributed by atoms with Crippen molar-refractivity contribution in [3.8, 4) is 5.75 Å². The molecule has 1 aliphatic carbocycles. The Morgan fingerprint density at radius 1 is 0.827 bits per heavy atom. The van der Waals surface area contributed by atoms with Gasteiger partial charge in [0.1, 0.15) is 11.4 Å². The van der Waals surface area contributed by atoms with E-state index in [1.165, 1.54) is 0 Å². The lowest BCUT2D eigenvalue weighted by atomic mass is 9.62. The summed E-state index contributed by atoms with van der Waals surface area (Å²) in [4.78, 5) is 57.5. The summed E-state index contributed by atoms with van der Waals surface area (Å²) in [5.74, 6) is -1.05. The number of likely N-dealkylation sites (tertiary alicyclic amines) is 1. The fraction of sp³-hybridized carbons (Fsp3) is 0.476. The van der Waals surface area contributed by atoms with Gasteiger partial charge < -0.3 is 29.7 Å². The maximum atomic E-state index is 14.8. The van der Waals surface area contributed by atoms with E-state index >= 15 is 0 Å². The summed E-state index contributed by atoms with van der Waals surface area (Å²) in [7, 11) is 1.54.